The van der Waals surface area contributed by atoms with Crippen molar-refractivity contribution in [2.24, 2.45) is 4.99 Å². The van der Waals surface area contributed by atoms with E-state index in [0.29, 0.717) is 17.6 Å². The van der Waals surface area contributed by atoms with Gasteiger partial charge in [0.1, 0.15) is 5.25 Å². The SMILES string of the molecule is CCN1C(=O)C(CC(=O)O)SC1=Nc1ccc(C(C)C)cc1. The van der Waals surface area contributed by atoms with E-state index in [1.807, 2.05) is 31.2 Å². The minimum Gasteiger partial charge on any atom is -0.481 e. The summed E-state index contributed by atoms with van der Waals surface area (Å²) in [6, 6.07) is 7.89. The van der Waals surface area contributed by atoms with Gasteiger partial charge in [-0.3, -0.25) is 14.5 Å². The van der Waals surface area contributed by atoms with Crippen LogP contribution in [0, 0.1) is 0 Å². The molecule has 1 aromatic rings. The van der Waals surface area contributed by atoms with Crippen LogP contribution >= 0.6 is 11.8 Å². The van der Waals surface area contributed by atoms with E-state index in [4.69, 9.17) is 5.11 Å². The molecule has 0 bridgehead atoms. The largest absolute Gasteiger partial charge is 0.481 e. The monoisotopic (exact) mass is 320 g/mol. The van der Waals surface area contributed by atoms with Crippen LogP contribution in [0.3, 0.4) is 0 Å². The van der Waals surface area contributed by atoms with Crippen molar-refractivity contribution < 1.29 is 14.7 Å². The molecule has 1 atom stereocenters. The third kappa shape index (κ3) is 3.68. The maximum atomic E-state index is 12.2. The number of aliphatic carboxylic acids is 1. The summed E-state index contributed by atoms with van der Waals surface area (Å²) in [7, 11) is 0. The minimum absolute atomic E-state index is 0.174. The third-order valence-corrected chi connectivity index (χ3v) is 4.66. The number of hydrogen-bond donors (Lipinski definition) is 1. The first-order chi connectivity index (χ1) is 10.4. The first-order valence-electron chi connectivity index (χ1n) is 7.30. The molecule has 1 fully saturated rings. The van der Waals surface area contributed by atoms with Gasteiger partial charge in [-0.1, -0.05) is 37.7 Å². The van der Waals surface area contributed by atoms with Crippen LogP contribution in [0.2, 0.25) is 0 Å². The van der Waals surface area contributed by atoms with Crippen LogP contribution in [0.15, 0.2) is 29.3 Å². The van der Waals surface area contributed by atoms with E-state index in [1.54, 1.807) is 4.90 Å². The summed E-state index contributed by atoms with van der Waals surface area (Å²) in [5, 5.41) is 8.89. The zero-order valence-corrected chi connectivity index (χ0v) is 13.8. The number of carboxylic acids is 1. The van der Waals surface area contributed by atoms with Crippen LogP contribution in [0.4, 0.5) is 5.69 Å². The summed E-state index contributed by atoms with van der Waals surface area (Å²) in [5.74, 6) is -0.687. The normalized spacial score (nSPS) is 20.2. The molecule has 6 heteroatoms. The number of nitrogens with zero attached hydrogens (tertiary/aromatic N) is 2. The van der Waals surface area contributed by atoms with Gasteiger partial charge in [-0.25, -0.2) is 4.99 Å². The predicted molar refractivity (Wildman–Crippen MR) is 88.6 cm³/mol. The Balaban J connectivity index is 2.22. The number of amides is 1. The molecule has 0 radical (unpaired) electrons. The Kier molecular flexibility index (Phi) is 5.24. The lowest BCUT2D eigenvalue weighted by Crippen LogP contribution is -2.32. The van der Waals surface area contributed by atoms with Crippen LogP contribution in [0.5, 0.6) is 0 Å². The third-order valence-electron chi connectivity index (χ3n) is 3.48. The van der Waals surface area contributed by atoms with Crippen LogP contribution in [0.25, 0.3) is 0 Å². The molecule has 1 aliphatic rings. The number of carboxylic acid groups (broad SMARTS) is 1. The van der Waals surface area contributed by atoms with Gasteiger partial charge in [0.25, 0.3) is 0 Å². The fourth-order valence-corrected chi connectivity index (χ4v) is 3.43. The topological polar surface area (TPSA) is 70.0 Å². The summed E-state index contributed by atoms with van der Waals surface area (Å²) in [6.45, 7) is 6.60. The predicted octanol–water partition coefficient (Wildman–Crippen LogP) is 3.24. The quantitative estimate of drug-likeness (QED) is 0.904. The molecular weight excluding hydrogens is 300 g/mol. The van der Waals surface area contributed by atoms with E-state index >= 15 is 0 Å². The molecule has 0 aliphatic carbocycles. The lowest BCUT2D eigenvalue weighted by atomic mass is 10.0. The first kappa shape index (κ1) is 16.5. The molecule has 1 saturated heterocycles. The van der Waals surface area contributed by atoms with Gasteiger partial charge >= 0.3 is 5.97 Å². The van der Waals surface area contributed by atoms with E-state index in [0.717, 1.165) is 5.69 Å². The molecule has 5 nitrogen and oxygen atoms in total. The van der Waals surface area contributed by atoms with Crippen molar-refractivity contribution in [3.8, 4) is 0 Å². The Hall–Kier alpha value is -1.82. The van der Waals surface area contributed by atoms with Crippen molar-refractivity contribution in [1.82, 2.24) is 4.90 Å². The zero-order valence-electron chi connectivity index (χ0n) is 12.9. The van der Waals surface area contributed by atoms with Gasteiger partial charge in [-0.05, 0) is 30.5 Å². The first-order valence-corrected chi connectivity index (χ1v) is 8.18. The fourth-order valence-electron chi connectivity index (χ4n) is 2.22. The van der Waals surface area contributed by atoms with Gasteiger partial charge in [0.05, 0.1) is 12.1 Å². The van der Waals surface area contributed by atoms with E-state index in [2.05, 4.69) is 18.8 Å². The van der Waals surface area contributed by atoms with Crippen molar-refractivity contribution in [2.75, 3.05) is 6.54 Å². The summed E-state index contributed by atoms with van der Waals surface area (Å²) < 4.78 is 0. The lowest BCUT2D eigenvalue weighted by Gasteiger charge is -2.13. The Bertz CT molecular complexity index is 596. The molecule has 22 heavy (non-hydrogen) atoms. The molecule has 1 aromatic carbocycles. The minimum atomic E-state index is -0.968. The highest BCUT2D eigenvalue weighted by molar-refractivity contribution is 8.15. The Morgan fingerprint density at radius 3 is 2.50 bits per heavy atom. The molecule has 1 heterocycles. The van der Waals surface area contributed by atoms with Crippen molar-refractivity contribution >= 4 is 34.5 Å². The van der Waals surface area contributed by atoms with Crippen molar-refractivity contribution in [2.45, 2.75) is 38.4 Å². The highest BCUT2D eigenvalue weighted by Crippen LogP contribution is 2.31. The molecule has 1 amide bonds. The molecule has 118 valence electrons. The van der Waals surface area contributed by atoms with E-state index in [1.165, 1.54) is 17.3 Å². The highest BCUT2D eigenvalue weighted by Gasteiger charge is 2.38. The molecule has 0 spiro atoms. The van der Waals surface area contributed by atoms with Crippen LogP contribution in [-0.4, -0.2) is 38.8 Å². The van der Waals surface area contributed by atoms with Gasteiger partial charge < -0.3 is 5.11 Å². The molecule has 1 unspecified atom stereocenters. The van der Waals surface area contributed by atoms with E-state index < -0.39 is 11.2 Å². The average Bonchev–Trinajstić information content (AvgIpc) is 2.74. The number of benzene rings is 1. The molecule has 1 aliphatic heterocycles. The Morgan fingerprint density at radius 1 is 1.36 bits per heavy atom. The average molecular weight is 320 g/mol. The summed E-state index contributed by atoms with van der Waals surface area (Å²) >= 11 is 1.23. The Labute approximate surface area is 134 Å². The zero-order chi connectivity index (χ0) is 16.3. The number of carbonyl (C=O) groups is 2. The van der Waals surface area contributed by atoms with Crippen molar-refractivity contribution in [3.05, 3.63) is 29.8 Å². The van der Waals surface area contributed by atoms with Crippen LogP contribution < -0.4 is 0 Å². The van der Waals surface area contributed by atoms with Gasteiger partial charge in [0.2, 0.25) is 5.91 Å². The highest BCUT2D eigenvalue weighted by atomic mass is 32.2. The van der Waals surface area contributed by atoms with Gasteiger partial charge in [-0.15, -0.1) is 0 Å². The van der Waals surface area contributed by atoms with E-state index in [-0.39, 0.29) is 12.3 Å². The molecule has 1 N–H and O–H groups in total. The van der Waals surface area contributed by atoms with Crippen LogP contribution in [0.1, 0.15) is 38.7 Å². The van der Waals surface area contributed by atoms with Crippen LogP contribution in [-0.2, 0) is 9.59 Å². The molecule has 2 rings (SSSR count). The number of rotatable bonds is 5. The molecule has 0 aromatic heterocycles. The van der Waals surface area contributed by atoms with Gasteiger partial charge in [0, 0.05) is 6.54 Å². The maximum Gasteiger partial charge on any atom is 0.305 e. The second kappa shape index (κ2) is 6.96. The van der Waals surface area contributed by atoms with Crippen molar-refractivity contribution in [1.29, 1.82) is 0 Å². The molecule has 0 saturated carbocycles. The number of amidine groups is 1. The standard InChI is InChI=1S/C16H20N2O3S/c1-4-18-15(21)13(9-14(19)20)22-16(18)17-12-7-5-11(6-8-12)10(2)3/h5-8,10,13H,4,9H2,1-3H3,(H,19,20). The maximum absolute atomic E-state index is 12.2. The lowest BCUT2D eigenvalue weighted by molar-refractivity contribution is -0.139. The summed E-state index contributed by atoms with van der Waals surface area (Å²) in [5.41, 5.74) is 2.00. The van der Waals surface area contributed by atoms with E-state index in [9.17, 15) is 9.59 Å². The second-order valence-electron chi connectivity index (χ2n) is 5.43. The van der Waals surface area contributed by atoms with Gasteiger partial charge in [-0.2, -0.15) is 0 Å². The summed E-state index contributed by atoms with van der Waals surface area (Å²) in [6.07, 6.45) is -0.175. The molecular formula is C16H20N2O3S. The number of aliphatic imine (C=N–C) groups is 1. The number of thioether (sulfide) groups is 1. The number of hydrogen-bond acceptors (Lipinski definition) is 4. The second-order valence-corrected chi connectivity index (χ2v) is 6.60. The summed E-state index contributed by atoms with van der Waals surface area (Å²) in [4.78, 5) is 29.1. The Morgan fingerprint density at radius 2 is 2.00 bits per heavy atom. The smallest absolute Gasteiger partial charge is 0.305 e. The van der Waals surface area contributed by atoms with Crippen molar-refractivity contribution in [3.63, 3.8) is 0 Å². The van der Waals surface area contributed by atoms with Gasteiger partial charge in [0.15, 0.2) is 5.17 Å². The number of carbonyl (C=O) groups excluding carboxylic acids is 1. The fraction of sp³-hybridized carbons (Fsp3) is 0.438.